The van der Waals surface area contributed by atoms with Gasteiger partial charge in [-0.15, -0.1) is 0 Å². The zero-order valence-corrected chi connectivity index (χ0v) is 13.7. The molecule has 0 spiro atoms. The van der Waals surface area contributed by atoms with Crippen LogP contribution in [0.15, 0.2) is 30.3 Å². The molecule has 1 aliphatic rings. The van der Waals surface area contributed by atoms with Gasteiger partial charge in [-0.25, -0.2) is 0 Å². The molecular formula is C17H24N2OS. The fourth-order valence-corrected chi connectivity index (χ4v) is 3.23. The molecule has 21 heavy (non-hydrogen) atoms. The van der Waals surface area contributed by atoms with Crippen LogP contribution in [0.3, 0.4) is 0 Å². The lowest BCUT2D eigenvalue weighted by Gasteiger charge is -2.36. The number of thiocarbonyl (C=S) groups is 1. The minimum absolute atomic E-state index is 0.119. The van der Waals surface area contributed by atoms with Gasteiger partial charge in [-0.05, 0) is 32.3 Å². The standard InChI is InChI=1S/C17H24N2OS/c1-17(2,13-8-4-3-5-9-13)16(20)19(12-15(18)21)14-10-6-7-11-14/h3-5,8-9,14H,6-7,10-12H2,1-2H3,(H2,18,21). The Labute approximate surface area is 132 Å². The molecular weight excluding hydrogens is 280 g/mol. The van der Waals surface area contributed by atoms with E-state index in [1.165, 1.54) is 12.8 Å². The van der Waals surface area contributed by atoms with Gasteiger partial charge in [-0.3, -0.25) is 4.79 Å². The number of hydrogen-bond donors (Lipinski definition) is 1. The summed E-state index contributed by atoms with van der Waals surface area (Å²) in [5, 5.41) is 0. The molecule has 0 aromatic heterocycles. The van der Waals surface area contributed by atoms with Crippen LogP contribution in [0.5, 0.6) is 0 Å². The van der Waals surface area contributed by atoms with Gasteiger partial charge in [0.1, 0.15) is 0 Å². The predicted octanol–water partition coefficient (Wildman–Crippen LogP) is 3.02. The lowest BCUT2D eigenvalue weighted by Crippen LogP contribution is -2.50. The minimum Gasteiger partial charge on any atom is -0.392 e. The van der Waals surface area contributed by atoms with E-state index in [9.17, 15) is 4.79 Å². The van der Waals surface area contributed by atoms with E-state index in [-0.39, 0.29) is 11.9 Å². The highest BCUT2D eigenvalue weighted by Crippen LogP contribution is 2.30. The largest absolute Gasteiger partial charge is 0.392 e. The van der Waals surface area contributed by atoms with Crippen molar-refractivity contribution in [2.24, 2.45) is 5.73 Å². The molecule has 1 aromatic carbocycles. The van der Waals surface area contributed by atoms with E-state index in [1.807, 2.05) is 49.1 Å². The monoisotopic (exact) mass is 304 g/mol. The van der Waals surface area contributed by atoms with E-state index in [2.05, 4.69) is 0 Å². The molecule has 1 saturated carbocycles. The number of carbonyl (C=O) groups is 1. The SMILES string of the molecule is CC(C)(C(=O)N(CC(N)=S)C1CCCC1)c1ccccc1. The highest BCUT2D eigenvalue weighted by molar-refractivity contribution is 7.80. The van der Waals surface area contributed by atoms with Crippen LogP contribution < -0.4 is 5.73 Å². The smallest absolute Gasteiger partial charge is 0.233 e. The molecule has 0 saturated heterocycles. The summed E-state index contributed by atoms with van der Waals surface area (Å²) in [5.41, 5.74) is 6.19. The highest BCUT2D eigenvalue weighted by Gasteiger charge is 2.37. The maximum absolute atomic E-state index is 13.1. The van der Waals surface area contributed by atoms with Crippen molar-refractivity contribution in [1.82, 2.24) is 4.90 Å². The molecule has 0 bridgehead atoms. The normalized spacial score (nSPS) is 15.9. The Morgan fingerprint density at radius 3 is 2.38 bits per heavy atom. The lowest BCUT2D eigenvalue weighted by molar-refractivity contribution is -0.137. The van der Waals surface area contributed by atoms with Gasteiger partial charge in [0, 0.05) is 6.04 Å². The lowest BCUT2D eigenvalue weighted by atomic mass is 9.82. The summed E-state index contributed by atoms with van der Waals surface area (Å²) < 4.78 is 0. The summed E-state index contributed by atoms with van der Waals surface area (Å²) >= 11 is 5.05. The van der Waals surface area contributed by atoms with Gasteiger partial charge < -0.3 is 10.6 Å². The summed E-state index contributed by atoms with van der Waals surface area (Å²) in [6.07, 6.45) is 4.47. The summed E-state index contributed by atoms with van der Waals surface area (Å²) in [4.78, 5) is 15.4. The van der Waals surface area contributed by atoms with Gasteiger partial charge in [-0.1, -0.05) is 55.4 Å². The van der Waals surface area contributed by atoms with Crippen LogP contribution in [0.25, 0.3) is 0 Å². The Balaban J connectivity index is 2.26. The first-order valence-electron chi connectivity index (χ1n) is 7.58. The number of nitrogens with two attached hydrogens (primary N) is 1. The molecule has 1 aliphatic carbocycles. The highest BCUT2D eigenvalue weighted by atomic mass is 32.1. The van der Waals surface area contributed by atoms with Gasteiger partial charge in [0.25, 0.3) is 0 Å². The molecule has 0 heterocycles. The molecule has 0 unspecified atom stereocenters. The third-order valence-corrected chi connectivity index (χ3v) is 4.51. The number of nitrogens with zero attached hydrogens (tertiary/aromatic N) is 1. The van der Waals surface area contributed by atoms with Crippen molar-refractivity contribution < 1.29 is 4.79 Å². The molecule has 2 N–H and O–H groups in total. The summed E-state index contributed by atoms with van der Waals surface area (Å²) in [6.45, 7) is 4.34. The van der Waals surface area contributed by atoms with Crippen molar-refractivity contribution in [2.75, 3.05) is 6.54 Å². The Bertz CT molecular complexity index is 507. The van der Waals surface area contributed by atoms with Crippen LogP contribution in [0.2, 0.25) is 0 Å². The Kier molecular flexibility index (Phi) is 4.99. The van der Waals surface area contributed by atoms with Crippen molar-refractivity contribution in [3.8, 4) is 0 Å². The number of amides is 1. The fraction of sp³-hybridized carbons (Fsp3) is 0.529. The molecule has 0 radical (unpaired) electrons. The van der Waals surface area contributed by atoms with Crippen LogP contribution in [-0.2, 0) is 10.2 Å². The fourth-order valence-electron chi connectivity index (χ4n) is 3.09. The quantitative estimate of drug-likeness (QED) is 0.851. The zero-order valence-electron chi connectivity index (χ0n) is 12.8. The van der Waals surface area contributed by atoms with Crippen LogP contribution in [0.4, 0.5) is 0 Å². The molecule has 0 atom stereocenters. The number of carbonyl (C=O) groups excluding carboxylic acids is 1. The van der Waals surface area contributed by atoms with E-state index in [0.717, 1.165) is 18.4 Å². The maximum atomic E-state index is 13.1. The summed E-state index contributed by atoms with van der Waals surface area (Å²) in [5.74, 6) is 0.119. The summed E-state index contributed by atoms with van der Waals surface area (Å²) in [6, 6.07) is 10.2. The Hall–Kier alpha value is -1.42. The number of rotatable bonds is 5. The van der Waals surface area contributed by atoms with E-state index in [4.69, 9.17) is 18.0 Å². The second kappa shape index (κ2) is 6.56. The van der Waals surface area contributed by atoms with Gasteiger partial charge in [-0.2, -0.15) is 0 Å². The van der Waals surface area contributed by atoms with E-state index in [1.54, 1.807) is 0 Å². The molecule has 2 rings (SSSR count). The second-order valence-corrected chi connectivity index (χ2v) is 6.85. The van der Waals surface area contributed by atoms with Crippen molar-refractivity contribution in [2.45, 2.75) is 51.0 Å². The molecule has 1 fully saturated rings. The third kappa shape index (κ3) is 3.62. The molecule has 3 nitrogen and oxygen atoms in total. The minimum atomic E-state index is -0.561. The van der Waals surface area contributed by atoms with Crippen LogP contribution in [0, 0.1) is 0 Å². The predicted molar refractivity (Wildman–Crippen MR) is 90.2 cm³/mol. The molecule has 4 heteroatoms. The van der Waals surface area contributed by atoms with Gasteiger partial charge in [0.05, 0.1) is 16.9 Å². The van der Waals surface area contributed by atoms with Crippen LogP contribution >= 0.6 is 12.2 Å². The van der Waals surface area contributed by atoms with Gasteiger partial charge >= 0.3 is 0 Å². The first kappa shape index (κ1) is 16.0. The summed E-state index contributed by atoms with van der Waals surface area (Å²) in [7, 11) is 0. The van der Waals surface area contributed by atoms with Gasteiger partial charge in [0.15, 0.2) is 0 Å². The third-order valence-electron chi connectivity index (χ3n) is 4.38. The second-order valence-electron chi connectivity index (χ2n) is 6.33. The number of hydrogen-bond acceptors (Lipinski definition) is 2. The Morgan fingerprint density at radius 1 is 1.29 bits per heavy atom. The van der Waals surface area contributed by atoms with Crippen molar-refractivity contribution in [1.29, 1.82) is 0 Å². The number of benzene rings is 1. The average molecular weight is 304 g/mol. The molecule has 114 valence electrons. The maximum Gasteiger partial charge on any atom is 0.233 e. The van der Waals surface area contributed by atoms with E-state index >= 15 is 0 Å². The zero-order chi connectivity index (χ0) is 15.5. The molecule has 1 amide bonds. The van der Waals surface area contributed by atoms with Crippen LogP contribution in [-0.4, -0.2) is 28.4 Å². The van der Waals surface area contributed by atoms with E-state index in [0.29, 0.717) is 11.5 Å². The van der Waals surface area contributed by atoms with Crippen molar-refractivity contribution >= 4 is 23.1 Å². The van der Waals surface area contributed by atoms with E-state index < -0.39 is 5.41 Å². The topological polar surface area (TPSA) is 46.3 Å². The van der Waals surface area contributed by atoms with Gasteiger partial charge in [0.2, 0.25) is 5.91 Å². The Morgan fingerprint density at radius 2 is 1.86 bits per heavy atom. The first-order chi connectivity index (χ1) is 9.93. The average Bonchev–Trinajstić information content (AvgIpc) is 2.98. The first-order valence-corrected chi connectivity index (χ1v) is 7.98. The molecule has 0 aliphatic heterocycles. The van der Waals surface area contributed by atoms with Crippen LogP contribution in [0.1, 0.15) is 45.1 Å². The van der Waals surface area contributed by atoms with Crippen molar-refractivity contribution in [3.05, 3.63) is 35.9 Å². The van der Waals surface area contributed by atoms with Crippen molar-refractivity contribution in [3.63, 3.8) is 0 Å². The molecule has 1 aromatic rings.